The lowest BCUT2D eigenvalue weighted by Gasteiger charge is -2.32. The Balaban J connectivity index is 1.90. The van der Waals surface area contributed by atoms with Gasteiger partial charge >= 0.3 is 0 Å². The lowest BCUT2D eigenvalue weighted by molar-refractivity contribution is -0.141. The number of benzene rings is 3. The summed E-state index contributed by atoms with van der Waals surface area (Å²) in [5.74, 6) is 1.35. The number of carbonyl (C=O) groups is 2. The number of ether oxygens (including phenoxy) is 2. The van der Waals surface area contributed by atoms with Gasteiger partial charge in [-0.15, -0.1) is 0 Å². The van der Waals surface area contributed by atoms with Gasteiger partial charge in [-0.2, -0.15) is 0 Å². The Labute approximate surface area is 243 Å². The Morgan fingerprint density at radius 3 is 2.23 bits per heavy atom. The molecule has 1 N–H and O–H groups in total. The van der Waals surface area contributed by atoms with Gasteiger partial charge in [0.05, 0.1) is 13.2 Å². The van der Waals surface area contributed by atoms with Crippen molar-refractivity contribution in [1.82, 2.24) is 10.2 Å². The number of nitrogens with zero attached hydrogens (tertiary/aromatic N) is 1. The van der Waals surface area contributed by atoms with E-state index < -0.39 is 6.04 Å². The SMILES string of the molecule is CCOc1ccc(CCC(=O)N(Cc2ccccc2Cl)C(Cc2ccccc2)C(=O)NCC(C)C)cc1OCC. The second kappa shape index (κ2) is 15.9. The zero-order chi connectivity index (χ0) is 28.9. The highest BCUT2D eigenvalue weighted by Gasteiger charge is 2.30. The van der Waals surface area contributed by atoms with Crippen LogP contribution in [0.1, 0.15) is 50.8 Å². The maximum atomic E-state index is 13.9. The molecule has 3 rings (SSSR count). The van der Waals surface area contributed by atoms with Gasteiger partial charge in [0.25, 0.3) is 0 Å². The third-order valence-corrected chi connectivity index (χ3v) is 6.86. The number of rotatable bonds is 15. The minimum atomic E-state index is -0.691. The Morgan fingerprint density at radius 2 is 1.55 bits per heavy atom. The molecule has 0 aliphatic heterocycles. The Hall–Kier alpha value is -3.51. The van der Waals surface area contributed by atoms with Gasteiger partial charge in [0.15, 0.2) is 11.5 Å². The van der Waals surface area contributed by atoms with Crippen LogP contribution in [0.2, 0.25) is 5.02 Å². The zero-order valence-corrected chi connectivity index (χ0v) is 24.7. The van der Waals surface area contributed by atoms with Crippen LogP contribution in [0.5, 0.6) is 11.5 Å². The third kappa shape index (κ3) is 9.30. The van der Waals surface area contributed by atoms with Crippen molar-refractivity contribution in [2.24, 2.45) is 5.92 Å². The maximum absolute atomic E-state index is 13.9. The van der Waals surface area contributed by atoms with Crippen LogP contribution in [-0.2, 0) is 29.0 Å². The van der Waals surface area contributed by atoms with Crippen molar-refractivity contribution in [3.8, 4) is 11.5 Å². The molecule has 0 spiro atoms. The van der Waals surface area contributed by atoms with E-state index in [9.17, 15) is 9.59 Å². The molecule has 0 aliphatic carbocycles. The van der Waals surface area contributed by atoms with Crippen LogP contribution in [0.15, 0.2) is 72.8 Å². The summed E-state index contributed by atoms with van der Waals surface area (Å²) in [5.41, 5.74) is 2.74. The van der Waals surface area contributed by atoms with E-state index >= 15 is 0 Å². The van der Waals surface area contributed by atoms with Crippen LogP contribution in [0, 0.1) is 5.92 Å². The van der Waals surface area contributed by atoms with Crippen LogP contribution in [-0.4, -0.2) is 42.5 Å². The van der Waals surface area contributed by atoms with Gasteiger partial charge in [-0.25, -0.2) is 0 Å². The first-order valence-electron chi connectivity index (χ1n) is 14.0. The van der Waals surface area contributed by atoms with Gasteiger partial charge in [-0.05, 0) is 61.1 Å². The number of aryl methyl sites for hydroxylation is 1. The van der Waals surface area contributed by atoms with Crippen LogP contribution in [0.3, 0.4) is 0 Å². The molecule has 7 heteroatoms. The molecular weight excluding hydrogens is 524 g/mol. The highest BCUT2D eigenvalue weighted by atomic mass is 35.5. The van der Waals surface area contributed by atoms with Crippen molar-refractivity contribution in [3.05, 3.63) is 94.5 Å². The molecule has 0 aliphatic rings. The highest BCUT2D eigenvalue weighted by Crippen LogP contribution is 2.29. The molecule has 1 unspecified atom stereocenters. The summed E-state index contributed by atoms with van der Waals surface area (Å²) in [7, 11) is 0. The Kier molecular flexibility index (Phi) is 12.4. The monoisotopic (exact) mass is 564 g/mol. The summed E-state index contributed by atoms with van der Waals surface area (Å²) in [5, 5.41) is 3.62. The average Bonchev–Trinajstić information content (AvgIpc) is 2.95. The van der Waals surface area contributed by atoms with Crippen LogP contribution in [0.4, 0.5) is 0 Å². The van der Waals surface area contributed by atoms with E-state index in [1.165, 1.54) is 0 Å². The normalized spacial score (nSPS) is 11.7. The number of halogens is 1. The highest BCUT2D eigenvalue weighted by molar-refractivity contribution is 6.31. The molecule has 3 aromatic carbocycles. The Bertz CT molecular complexity index is 1230. The standard InChI is InChI=1S/C33H41ClN2O4/c1-5-39-30-18-16-26(21-31(30)40-6-2)17-19-32(37)36(23-27-14-10-11-15-28(27)34)29(33(38)35-22-24(3)4)20-25-12-8-7-9-13-25/h7-16,18,21,24,29H,5-6,17,19-20,22-23H2,1-4H3,(H,35,38). The summed E-state index contributed by atoms with van der Waals surface area (Å²) in [4.78, 5) is 29.2. The molecule has 0 saturated heterocycles. The summed E-state index contributed by atoms with van der Waals surface area (Å²) in [6, 6.07) is 22.3. The fourth-order valence-electron chi connectivity index (χ4n) is 4.43. The van der Waals surface area contributed by atoms with Crippen molar-refractivity contribution < 1.29 is 19.1 Å². The van der Waals surface area contributed by atoms with E-state index in [1.54, 1.807) is 11.0 Å². The van der Waals surface area contributed by atoms with Gasteiger partial charge in [0.1, 0.15) is 6.04 Å². The molecular formula is C33H41ClN2O4. The summed E-state index contributed by atoms with van der Waals surface area (Å²) in [6.45, 7) is 9.77. The first-order valence-corrected chi connectivity index (χ1v) is 14.4. The molecule has 1 atom stereocenters. The van der Waals surface area contributed by atoms with E-state index in [1.807, 2.05) is 94.4 Å². The van der Waals surface area contributed by atoms with E-state index in [4.69, 9.17) is 21.1 Å². The van der Waals surface area contributed by atoms with Gasteiger partial charge < -0.3 is 19.7 Å². The smallest absolute Gasteiger partial charge is 0.243 e. The van der Waals surface area contributed by atoms with Gasteiger partial charge in [0, 0.05) is 31.0 Å². The van der Waals surface area contributed by atoms with Crippen LogP contribution >= 0.6 is 11.6 Å². The van der Waals surface area contributed by atoms with E-state index in [0.29, 0.717) is 49.1 Å². The molecule has 2 amide bonds. The molecule has 0 fully saturated rings. The van der Waals surface area contributed by atoms with Crippen molar-refractivity contribution in [2.75, 3.05) is 19.8 Å². The Morgan fingerprint density at radius 1 is 0.875 bits per heavy atom. The zero-order valence-electron chi connectivity index (χ0n) is 24.0. The average molecular weight is 565 g/mol. The predicted octanol–water partition coefficient (Wildman–Crippen LogP) is 6.48. The number of hydrogen-bond donors (Lipinski definition) is 1. The van der Waals surface area contributed by atoms with Crippen molar-refractivity contribution in [1.29, 1.82) is 0 Å². The second-order valence-corrected chi connectivity index (χ2v) is 10.5. The molecule has 214 valence electrons. The topological polar surface area (TPSA) is 67.9 Å². The number of hydrogen-bond acceptors (Lipinski definition) is 4. The van der Waals surface area contributed by atoms with Crippen molar-refractivity contribution in [3.63, 3.8) is 0 Å². The predicted molar refractivity (Wildman–Crippen MR) is 161 cm³/mol. The minimum absolute atomic E-state index is 0.118. The lowest BCUT2D eigenvalue weighted by Crippen LogP contribution is -2.51. The molecule has 3 aromatic rings. The molecule has 0 heterocycles. The first-order chi connectivity index (χ1) is 19.3. The fraction of sp³-hybridized carbons (Fsp3) is 0.394. The van der Waals surface area contributed by atoms with Crippen molar-refractivity contribution >= 4 is 23.4 Å². The fourth-order valence-corrected chi connectivity index (χ4v) is 4.63. The quantitative estimate of drug-likeness (QED) is 0.229. The molecule has 40 heavy (non-hydrogen) atoms. The van der Waals surface area contributed by atoms with Crippen molar-refractivity contribution in [2.45, 2.75) is 59.5 Å². The summed E-state index contributed by atoms with van der Waals surface area (Å²) in [6.07, 6.45) is 1.13. The van der Waals surface area contributed by atoms with Gasteiger partial charge in [-0.1, -0.05) is 80.0 Å². The summed E-state index contributed by atoms with van der Waals surface area (Å²) < 4.78 is 11.5. The number of nitrogens with one attached hydrogen (secondary N) is 1. The van der Waals surface area contributed by atoms with E-state index in [0.717, 1.165) is 16.7 Å². The molecule has 6 nitrogen and oxygen atoms in total. The number of carbonyl (C=O) groups excluding carboxylic acids is 2. The molecule has 0 aromatic heterocycles. The maximum Gasteiger partial charge on any atom is 0.243 e. The van der Waals surface area contributed by atoms with Gasteiger partial charge in [0.2, 0.25) is 11.8 Å². The van der Waals surface area contributed by atoms with Crippen LogP contribution < -0.4 is 14.8 Å². The molecule has 0 saturated carbocycles. The summed E-state index contributed by atoms with van der Waals surface area (Å²) >= 11 is 6.52. The molecule has 0 radical (unpaired) electrons. The molecule has 0 bridgehead atoms. The lowest BCUT2D eigenvalue weighted by atomic mass is 10.0. The minimum Gasteiger partial charge on any atom is -0.490 e. The van der Waals surface area contributed by atoms with Gasteiger partial charge in [-0.3, -0.25) is 9.59 Å². The third-order valence-electron chi connectivity index (χ3n) is 6.49. The first kappa shape index (κ1) is 31.0. The van der Waals surface area contributed by atoms with Crippen LogP contribution in [0.25, 0.3) is 0 Å². The van der Waals surface area contributed by atoms with E-state index in [-0.39, 0.29) is 30.7 Å². The largest absolute Gasteiger partial charge is 0.490 e. The second-order valence-electron chi connectivity index (χ2n) is 10.1. The van der Waals surface area contributed by atoms with E-state index in [2.05, 4.69) is 5.32 Å². The number of amides is 2.